The fourth-order valence-corrected chi connectivity index (χ4v) is 2.51. The van der Waals surface area contributed by atoms with Crippen LogP contribution in [-0.2, 0) is 4.79 Å². The minimum absolute atomic E-state index is 0.0720. The number of nitrogens with one attached hydrogen (secondary N) is 1. The molecule has 0 aliphatic carbocycles. The maximum atomic E-state index is 12.2. The highest BCUT2D eigenvalue weighted by molar-refractivity contribution is 5.78. The van der Waals surface area contributed by atoms with Crippen LogP contribution >= 0.6 is 0 Å². The summed E-state index contributed by atoms with van der Waals surface area (Å²) in [6, 6.07) is 10.4. The van der Waals surface area contributed by atoms with E-state index in [0.29, 0.717) is 6.42 Å². The number of amides is 1. The summed E-state index contributed by atoms with van der Waals surface area (Å²) in [4.78, 5) is 14.1. The van der Waals surface area contributed by atoms with Gasteiger partial charge in [-0.25, -0.2) is 0 Å². The van der Waals surface area contributed by atoms with Crippen LogP contribution in [0.3, 0.4) is 0 Å². The molecule has 1 aliphatic rings. The molecule has 0 saturated heterocycles. The summed E-state index contributed by atoms with van der Waals surface area (Å²) in [5, 5.41) is 3.36. The van der Waals surface area contributed by atoms with E-state index in [9.17, 15) is 4.79 Å². The van der Waals surface area contributed by atoms with Crippen molar-refractivity contribution in [3.05, 3.63) is 42.0 Å². The van der Waals surface area contributed by atoms with Crippen LogP contribution in [0, 0.1) is 0 Å². The van der Waals surface area contributed by atoms with E-state index in [1.54, 1.807) is 0 Å². The number of nitrogens with zero attached hydrogens (tertiary/aromatic N) is 1. The van der Waals surface area contributed by atoms with E-state index in [2.05, 4.69) is 56.4 Å². The van der Waals surface area contributed by atoms with Crippen LogP contribution in [0.25, 0.3) is 5.57 Å². The average molecular weight is 286 g/mol. The monoisotopic (exact) mass is 286 g/mol. The lowest BCUT2D eigenvalue weighted by atomic mass is 9.99. The van der Waals surface area contributed by atoms with E-state index in [-0.39, 0.29) is 11.4 Å². The van der Waals surface area contributed by atoms with Crippen LogP contribution in [0.15, 0.2) is 36.4 Å². The Morgan fingerprint density at radius 2 is 1.95 bits per heavy atom. The second-order valence-corrected chi connectivity index (χ2v) is 6.61. The first-order valence-electron chi connectivity index (χ1n) is 7.73. The van der Waals surface area contributed by atoms with Crippen molar-refractivity contribution in [2.75, 3.05) is 19.6 Å². The average Bonchev–Trinajstić information content (AvgIpc) is 2.47. The molecule has 0 atom stereocenters. The molecule has 3 heteroatoms. The smallest absolute Gasteiger partial charge is 0.224 e. The molecule has 1 N–H and O–H groups in total. The SMILES string of the molecule is CC(C)(C)NCCC(=O)N1CC=C(c2ccccc2)CC1. The van der Waals surface area contributed by atoms with Gasteiger partial charge >= 0.3 is 0 Å². The van der Waals surface area contributed by atoms with Gasteiger partial charge in [0.2, 0.25) is 5.91 Å². The molecule has 0 fully saturated rings. The Balaban J connectivity index is 1.83. The summed E-state index contributed by atoms with van der Waals surface area (Å²) < 4.78 is 0. The molecule has 21 heavy (non-hydrogen) atoms. The zero-order chi connectivity index (χ0) is 15.3. The summed E-state index contributed by atoms with van der Waals surface area (Å²) >= 11 is 0. The lowest BCUT2D eigenvalue weighted by Gasteiger charge is -2.27. The molecule has 0 unspecified atom stereocenters. The zero-order valence-corrected chi connectivity index (χ0v) is 13.4. The topological polar surface area (TPSA) is 32.3 Å². The van der Waals surface area contributed by atoms with Crippen molar-refractivity contribution in [2.24, 2.45) is 0 Å². The normalized spacial score (nSPS) is 15.8. The van der Waals surface area contributed by atoms with Crippen LogP contribution < -0.4 is 5.32 Å². The van der Waals surface area contributed by atoms with Crippen molar-refractivity contribution in [1.29, 1.82) is 0 Å². The number of carbonyl (C=O) groups excluding carboxylic acids is 1. The van der Waals surface area contributed by atoms with Crippen molar-refractivity contribution < 1.29 is 4.79 Å². The van der Waals surface area contributed by atoms with Gasteiger partial charge in [-0.1, -0.05) is 36.4 Å². The second-order valence-electron chi connectivity index (χ2n) is 6.61. The van der Waals surface area contributed by atoms with E-state index >= 15 is 0 Å². The third-order valence-electron chi connectivity index (χ3n) is 3.70. The van der Waals surface area contributed by atoms with Gasteiger partial charge in [0.1, 0.15) is 0 Å². The highest BCUT2D eigenvalue weighted by atomic mass is 16.2. The molecule has 114 valence electrons. The fraction of sp³-hybridized carbons (Fsp3) is 0.500. The van der Waals surface area contributed by atoms with Gasteiger partial charge in [-0.3, -0.25) is 4.79 Å². The highest BCUT2D eigenvalue weighted by Crippen LogP contribution is 2.22. The largest absolute Gasteiger partial charge is 0.339 e. The first kappa shape index (κ1) is 15.8. The Hall–Kier alpha value is -1.61. The first-order valence-corrected chi connectivity index (χ1v) is 7.73. The minimum Gasteiger partial charge on any atom is -0.339 e. The number of rotatable bonds is 4. The van der Waals surface area contributed by atoms with Crippen LogP contribution in [0.1, 0.15) is 39.2 Å². The Morgan fingerprint density at radius 1 is 1.24 bits per heavy atom. The van der Waals surface area contributed by atoms with Gasteiger partial charge in [-0.05, 0) is 38.3 Å². The summed E-state index contributed by atoms with van der Waals surface area (Å²) in [5.41, 5.74) is 2.70. The summed E-state index contributed by atoms with van der Waals surface area (Å²) in [7, 11) is 0. The van der Waals surface area contributed by atoms with Gasteiger partial charge in [-0.15, -0.1) is 0 Å². The third-order valence-corrected chi connectivity index (χ3v) is 3.70. The van der Waals surface area contributed by atoms with E-state index in [1.807, 2.05) is 11.0 Å². The molecule has 1 amide bonds. The molecule has 0 saturated carbocycles. The molecule has 1 heterocycles. The maximum Gasteiger partial charge on any atom is 0.224 e. The fourth-order valence-electron chi connectivity index (χ4n) is 2.51. The van der Waals surface area contributed by atoms with Gasteiger partial charge < -0.3 is 10.2 Å². The molecule has 0 spiro atoms. The first-order chi connectivity index (χ1) is 9.96. The Kier molecular flexibility index (Phi) is 5.18. The van der Waals surface area contributed by atoms with Crippen molar-refractivity contribution in [3.8, 4) is 0 Å². The summed E-state index contributed by atoms with van der Waals surface area (Å²) in [6.45, 7) is 8.66. The molecule has 1 aromatic carbocycles. The quantitative estimate of drug-likeness (QED) is 0.922. The van der Waals surface area contributed by atoms with E-state index < -0.39 is 0 Å². The van der Waals surface area contributed by atoms with E-state index in [1.165, 1.54) is 11.1 Å². The van der Waals surface area contributed by atoms with Gasteiger partial charge in [0, 0.05) is 31.6 Å². The van der Waals surface area contributed by atoms with Crippen molar-refractivity contribution in [1.82, 2.24) is 10.2 Å². The Bertz CT molecular complexity index is 500. The Labute approximate surface area is 128 Å². The maximum absolute atomic E-state index is 12.2. The number of hydrogen-bond donors (Lipinski definition) is 1. The predicted octanol–water partition coefficient (Wildman–Crippen LogP) is 3.08. The number of carbonyl (C=O) groups is 1. The molecular formula is C18H26N2O. The molecule has 0 bridgehead atoms. The lowest BCUT2D eigenvalue weighted by molar-refractivity contribution is -0.130. The summed E-state index contributed by atoms with van der Waals surface area (Å²) in [5.74, 6) is 0.245. The molecule has 1 aliphatic heterocycles. The molecule has 1 aromatic rings. The Morgan fingerprint density at radius 3 is 2.52 bits per heavy atom. The van der Waals surface area contributed by atoms with Crippen molar-refractivity contribution >= 4 is 11.5 Å². The van der Waals surface area contributed by atoms with Crippen molar-refractivity contribution in [2.45, 2.75) is 39.2 Å². The number of hydrogen-bond acceptors (Lipinski definition) is 2. The van der Waals surface area contributed by atoms with E-state index in [4.69, 9.17) is 0 Å². The van der Waals surface area contributed by atoms with Gasteiger partial charge in [0.05, 0.1) is 0 Å². The molecule has 0 aromatic heterocycles. The minimum atomic E-state index is 0.0720. The van der Waals surface area contributed by atoms with Crippen molar-refractivity contribution in [3.63, 3.8) is 0 Å². The highest BCUT2D eigenvalue weighted by Gasteiger charge is 2.18. The molecule has 3 nitrogen and oxygen atoms in total. The van der Waals surface area contributed by atoms with Crippen LogP contribution in [-0.4, -0.2) is 36.0 Å². The predicted molar refractivity (Wildman–Crippen MR) is 88.0 cm³/mol. The van der Waals surface area contributed by atoms with Gasteiger partial charge in [-0.2, -0.15) is 0 Å². The second kappa shape index (κ2) is 6.90. The van der Waals surface area contributed by atoms with E-state index in [0.717, 1.165) is 26.1 Å². The molecule has 2 rings (SSSR count). The van der Waals surface area contributed by atoms with Gasteiger partial charge in [0.15, 0.2) is 0 Å². The standard InChI is InChI=1S/C18H26N2O/c1-18(2,3)19-12-9-17(21)20-13-10-16(11-14-20)15-7-5-4-6-8-15/h4-8,10,19H,9,11-14H2,1-3H3. The lowest BCUT2D eigenvalue weighted by Crippen LogP contribution is -2.40. The molecular weight excluding hydrogens is 260 g/mol. The third kappa shape index (κ3) is 5.01. The zero-order valence-electron chi connectivity index (χ0n) is 13.4. The molecule has 0 radical (unpaired) electrons. The number of benzene rings is 1. The summed E-state index contributed by atoms with van der Waals surface area (Å²) in [6.07, 6.45) is 3.71. The van der Waals surface area contributed by atoms with Gasteiger partial charge in [0.25, 0.3) is 0 Å². The van der Waals surface area contributed by atoms with Crippen LogP contribution in [0.5, 0.6) is 0 Å². The van der Waals surface area contributed by atoms with Crippen LogP contribution in [0.2, 0.25) is 0 Å². The van der Waals surface area contributed by atoms with Crippen LogP contribution in [0.4, 0.5) is 0 Å².